The van der Waals surface area contributed by atoms with Crippen LogP contribution in [-0.4, -0.2) is 24.3 Å². The third-order valence-electron chi connectivity index (χ3n) is 5.26. The van der Waals surface area contributed by atoms with Crippen molar-refractivity contribution in [3.05, 3.63) is 112 Å². The summed E-state index contributed by atoms with van der Waals surface area (Å²) >= 11 is 0. The van der Waals surface area contributed by atoms with Crippen LogP contribution in [0.3, 0.4) is 0 Å². The molecule has 31 heavy (non-hydrogen) atoms. The second-order valence-corrected chi connectivity index (χ2v) is 9.32. The first kappa shape index (κ1) is 20.8. The Morgan fingerprint density at radius 2 is 1.55 bits per heavy atom. The van der Waals surface area contributed by atoms with Gasteiger partial charge in [0.1, 0.15) is 10.7 Å². The first-order chi connectivity index (χ1) is 14.8. The smallest absolute Gasteiger partial charge is 0.290 e. The van der Waals surface area contributed by atoms with Gasteiger partial charge in [0.15, 0.2) is 5.76 Å². The molecule has 0 spiro atoms. The molecule has 158 valence electrons. The molecule has 0 unspecified atom stereocenters. The lowest BCUT2D eigenvalue weighted by molar-refractivity contribution is -0.130. The lowest BCUT2D eigenvalue weighted by atomic mass is 10.1. The van der Waals surface area contributed by atoms with Gasteiger partial charge in [-0.15, -0.1) is 0 Å². The molecule has 3 aromatic carbocycles. The van der Waals surface area contributed by atoms with Gasteiger partial charge in [0.2, 0.25) is 9.84 Å². The summed E-state index contributed by atoms with van der Waals surface area (Å²) in [5, 5.41) is 10.7. The molecule has 5 nitrogen and oxygen atoms in total. The maximum Gasteiger partial charge on any atom is 0.290 e. The number of carbonyl (C=O) groups excluding carboxylic acids is 1. The van der Waals surface area contributed by atoms with E-state index >= 15 is 0 Å². The predicted molar refractivity (Wildman–Crippen MR) is 114 cm³/mol. The van der Waals surface area contributed by atoms with Crippen LogP contribution in [0.1, 0.15) is 22.7 Å². The average Bonchev–Trinajstić information content (AvgIpc) is 3.02. The minimum Gasteiger partial charge on any atom is -0.502 e. The highest BCUT2D eigenvalue weighted by atomic mass is 32.2. The number of carbonyl (C=O) groups is 1. The van der Waals surface area contributed by atoms with Crippen LogP contribution in [0.15, 0.2) is 94.4 Å². The van der Waals surface area contributed by atoms with Crippen molar-refractivity contribution < 1.29 is 22.7 Å². The fraction of sp³-hybridized carbons (Fsp3) is 0.125. The van der Waals surface area contributed by atoms with E-state index in [9.17, 15) is 22.7 Å². The molecule has 3 aromatic rings. The van der Waals surface area contributed by atoms with E-state index in [4.69, 9.17) is 0 Å². The van der Waals surface area contributed by atoms with Crippen LogP contribution in [-0.2, 0) is 21.2 Å². The number of halogens is 1. The van der Waals surface area contributed by atoms with Gasteiger partial charge in [0.25, 0.3) is 5.91 Å². The van der Waals surface area contributed by atoms with Gasteiger partial charge in [-0.25, -0.2) is 12.8 Å². The molecule has 1 heterocycles. The molecule has 0 bridgehead atoms. The molecular formula is C24H20FNO4S. The number of aliphatic hydroxyl groups is 1. The molecular weight excluding hydrogens is 417 g/mol. The van der Waals surface area contributed by atoms with Gasteiger partial charge in [0, 0.05) is 6.54 Å². The van der Waals surface area contributed by atoms with Crippen LogP contribution >= 0.6 is 0 Å². The first-order valence-corrected chi connectivity index (χ1v) is 11.1. The van der Waals surface area contributed by atoms with E-state index in [2.05, 4.69) is 0 Å². The molecule has 1 atom stereocenters. The number of hydrogen-bond donors (Lipinski definition) is 1. The highest BCUT2D eigenvalue weighted by Crippen LogP contribution is 2.43. The average molecular weight is 437 g/mol. The summed E-state index contributed by atoms with van der Waals surface area (Å²) in [6, 6.07) is 19.2. The van der Waals surface area contributed by atoms with Crippen LogP contribution in [0.5, 0.6) is 0 Å². The predicted octanol–water partition coefficient (Wildman–Crippen LogP) is 4.46. The number of hydrogen-bond acceptors (Lipinski definition) is 4. The molecule has 0 aliphatic carbocycles. The van der Waals surface area contributed by atoms with Gasteiger partial charge in [-0.2, -0.15) is 0 Å². The van der Waals surface area contributed by atoms with E-state index in [0.29, 0.717) is 5.56 Å². The fourth-order valence-electron chi connectivity index (χ4n) is 3.66. The van der Waals surface area contributed by atoms with Gasteiger partial charge in [-0.05, 0) is 42.3 Å². The Bertz CT molecular complexity index is 1250. The molecule has 4 rings (SSSR count). The number of amides is 1. The SMILES string of the molecule is Cc1ccc(CN2C(=O)C(O)=C(S(=O)(=O)c3ccccc3)[C@H]2c2ccc(F)cc2)cc1. The van der Waals surface area contributed by atoms with Crippen molar-refractivity contribution >= 4 is 15.7 Å². The minimum atomic E-state index is -4.19. The molecule has 0 aromatic heterocycles. The summed E-state index contributed by atoms with van der Waals surface area (Å²) in [6.45, 7) is 2.02. The summed E-state index contributed by atoms with van der Waals surface area (Å²) in [5.74, 6) is -2.09. The maximum absolute atomic E-state index is 13.5. The summed E-state index contributed by atoms with van der Waals surface area (Å²) in [7, 11) is -4.19. The Hall–Kier alpha value is -3.45. The topological polar surface area (TPSA) is 74.7 Å². The molecule has 0 saturated carbocycles. The molecule has 0 radical (unpaired) electrons. The zero-order chi connectivity index (χ0) is 22.2. The third-order valence-corrected chi connectivity index (χ3v) is 7.15. The van der Waals surface area contributed by atoms with Crippen molar-refractivity contribution in [2.24, 2.45) is 0 Å². The molecule has 1 amide bonds. The van der Waals surface area contributed by atoms with Gasteiger partial charge in [-0.1, -0.05) is 60.2 Å². The number of rotatable bonds is 5. The minimum absolute atomic E-state index is 0.0337. The van der Waals surface area contributed by atoms with E-state index in [1.165, 1.54) is 41.3 Å². The quantitative estimate of drug-likeness (QED) is 0.640. The number of aliphatic hydroxyl groups excluding tert-OH is 1. The van der Waals surface area contributed by atoms with Crippen molar-refractivity contribution in [1.29, 1.82) is 0 Å². The molecule has 7 heteroatoms. The van der Waals surface area contributed by atoms with Gasteiger partial charge in [0.05, 0.1) is 10.9 Å². The van der Waals surface area contributed by atoms with Crippen molar-refractivity contribution in [1.82, 2.24) is 4.90 Å². The zero-order valence-electron chi connectivity index (χ0n) is 16.7. The molecule has 0 saturated heterocycles. The van der Waals surface area contributed by atoms with E-state index in [0.717, 1.165) is 11.1 Å². The third kappa shape index (κ3) is 3.84. The number of aryl methyl sites for hydroxylation is 1. The molecule has 1 aliphatic heterocycles. The van der Waals surface area contributed by atoms with Gasteiger partial charge in [-0.3, -0.25) is 4.79 Å². The summed E-state index contributed by atoms with van der Waals surface area (Å²) in [6.07, 6.45) is 0. The van der Waals surface area contributed by atoms with E-state index in [1.54, 1.807) is 18.2 Å². The molecule has 0 fully saturated rings. The first-order valence-electron chi connectivity index (χ1n) is 9.64. The van der Waals surface area contributed by atoms with Crippen molar-refractivity contribution in [3.8, 4) is 0 Å². The molecule has 1 aliphatic rings. The van der Waals surface area contributed by atoms with Crippen LogP contribution in [0.4, 0.5) is 4.39 Å². The Balaban J connectivity index is 1.85. The van der Waals surface area contributed by atoms with Crippen LogP contribution in [0.2, 0.25) is 0 Å². The normalized spacial score (nSPS) is 16.8. The highest BCUT2D eigenvalue weighted by Gasteiger charge is 2.46. The van der Waals surface area contributed by atoms with Crippen molar-refractivity contribution in [3.63, 3.8) is 0 Å². The standard InChI is InChI=1S/C24H20FNO4S/c1-16-7-9-17(10-8-16)15-26-21(18-11-13-19(25)14-12-18)23(22(27)24(26)28)31(29,30)20-5-3-2-4-6-20/h2-14,21,27H,15H2,1H3/t21-/m1/s1. The number of benzene rings is 3. The highest BCUT2D eigenvalue weighted by molar-refractivity contribution is 7.95. The summed E-state index contributed by atoms with van der Waals surface area (Å²) in [5.41, 5.74) is 2.21. The summed E-state index contributed by atoms with van der Waals surface area (Å²) in [4.78, 5) is 13.9. The Labute approximate surface area is 180 Å². The Morgan fingerprint density at radius 1 is 0.935 bits per heavy atom. The molecule has 1 N–H and O–H groups in total. The van der Waals surface area contributed by atoms with Crippen LogP contribution < -0.4 is 0 Å². The maximum atomic E-state index is 13.5. The van der Waals surface area contributed by atoms with E-state index < -0.39 is 38.3 Å². The second kappa shape index (κ2) is 8.00. The second-order valence-electron chi connectivity index (χ2n) is 7.40. The number of nitrogens with zero attached hydrogens (tertiary/aromatic N) is 1. The Morgan fingerprint density at radius 3 is 2.16 bits per heavy atom. The van der Waals surface area contributed by atoms with Gasteiger partial charge >= 0.3 is 0 Å². The van der Waals surface area contributed by atoms with Crippen LogP contribution in [0, 0.1) is 12.7 Å². The largest absolute Gasteiger partial charge is 0.502 e. The Kier molecular flexibility index (Phi) is 5.37. The summed E-state index contributed by atoms with van der Waals surface area (Å²) < 4.78 is 40.4. The number of sulfone groups is 1. The van der Waals surface area contributed by atoms with Crippen molar-refractivity contribution in [2.45, 2.75) is 24.4 Å². The van der Waals surface area contributed by atoms with E-state index in [-0.39, 0.29) is 11.4 Å². The van der Waals surface area contributed by atoms with Gasteiger partial charge < -0.3 is 10.0 Å². The van der Waals surface area contributed by atoms with Crippen molar-refractivity contribution in [2.75, 3.05) is 0 Å². The lowest BCUT2D eigenvalue weighted by Gasteiger charge is -2.27. The van der Waals surface area contributed by atoms with E-state index in [1.807, 2.05) is 31.2 Å². The zero-order valence-corrected chi connectivity index (χ0v) is 17.5. The monoisotopic (exact) mass is 437 g/mol. The lowest BCUT2D eigenvalue weighted by Crippen LogP contribution is -2.30. The van der Waals surface area contributed by atoms with Crippen LogP contribution in [0.25, 0.3) is 0 Å². The fourth-order valence-corrected chi connectivity index (χ4v) is 5.33.